The molecule has 5 nitrogen and oxygen atoms in total. The van der Waals surface area contributed by atoms with E-state index < -0.39 is 21.5 Å². The van der Waals surface area contributed by atoms with E-state index in [2.05, 4.69) is 36.7 Å². The van der Waals surface area contributed by atoms with Crippen molar-refractivity contribution in [3.8, 4) is 0 Å². The van der Waals surface area contributed by atoms with Crippen molar-refractivity contribution in [2.75, 3.05) is 0 Å². The van der Waals surface area contributed by atoms with Crippen LogP contribution in [0.1, 0.15) is 27.2 Å². The first-order valence-corrected chi connectivity index (χ1v) is 8.46. The molecule has 7 heteroatoms. The van der Waals surface area contributed by atoms with Gasteiger partial charge in [-0.1, -0.05) is 36.7 Å². The van der Waals surface area contributed by atoms with Crippen LogP contribution in [0.2, 0.25) is 0 Å². The van der Waals surface area contributed by atoms with E-state index in [1.54, 1.807) is 0 Å². The number of rotatable bonds is 2. The highest BCUT2D eigenvalue weighted by Gasteiger charge is 2.66. The van der Waals surface area contributed by atoms with Crippen LogP contribution < -0.4 is 0 Å². The van der Waals surface area contributed by atoms with Crippen molar-refractivity contribution in [2.45, 2.75) is 61.9 Å². The number of alkyl halides is 1. The Morgan fingerprint density at radius 3 is 2.61 bits per heavy atom. The van der Waals surface area contributed by atoms with Crippen molar-refractivity contribution >= 4 is 26.0 Å². The number of ether oxygens (including phenoxy) is 2. The summed E-state index contributed by atoms with van der Waals surface area (Å²) >= 11 is 3.50. The summed E-state index contributed by atoms with van der Waals surface area (Å²) in [6.07, 6.45) is -0.791. The van der Waals surface area contributed by atoms with Gasteiger partial charge in [0.25, 0.3) is 10.1 Å². The van der Waals surface area contributed by atoms with Gasteiger partial charge < -0.3 is 9.47 Å². The number of fused-ring (bicyclic) bond motifs is 1. The van der Waals surface area contributed by atoms with Gasteiger partial charge in [-0.05, 0) is 11.8 Å². The molecule has 3 rings (SSSR count). The van der Waals surface area contributed by atoms with Gasteiger partial charge in [0.15, 0.2) is 0 Å². The summed E-state index contributed by atoms with van der Waals surface area (Å²) in [5.41, 5.74) is -0.0707. The molecule has 3 saturated heterocycles. The van der Waals surface area contributed by atoms with E-state index in [0.717, 1.165) is 0 Å². The average Bonchev–Trinajstić information content (AvgIpc) is 2.80. The fraction of sp³-hybridized carbons (Fsp3) is 1.00. The predicted octanol–water partition coefficient (Wildman–Crippen LogP) is 1.41. The van der Waals surface area contributed by atoms with Crippen molar-refractivity contribution in [2.24, 2.45) is 5.41 Å². The molecular formula is C11H17BrO5S. The highest BCUT2D eigenvalue weighted by molar-refractivity contribution is 9.09. The quantitative estimate of drug-likeness (QED) is 0.561. The van der Waals surface area contributed by atoms with Gasteiger partial charge in [-0.15, -0.1) is 0 Å². The van der Waals surface area contributed by atoms with Crippen LogP contribution in [0.3, 0.4) is 0 Å². The van der Waals surface area contributed by atoms with E-state index in [1.807, 2.05) is 0 Å². The number of halogens is 1. The molecule has 0 aliphatic carbocycles. The first-order chi connectivity index (χ1) is 8.20. The van der Waals surface area contributed by atoms with Crippen molar-refractivity contribution in [3.05, 3.63) is 0 Å². The van der Waals surface area contributed by atoms with E-state index >= 15 is 0 Å². The molecule has 0 spiro atoms. The van der Waals surface area contributed by atoms with Crippen molar-refractivity contribution < 1.29 is 22.1 Å². The van der Waals surface area contributed by atoms with Crippen LogP contribution in [0.25, 0.3) is 0 Å². The molecule has 3 fully saturated rings. The van der Waals surface area contributed by atoms with Crippen molar-refractivity contribution in [1.82, 2.24) is 0 Å². The van der Waals surface area contributed by atoms with Crippen LogP contribution in [-0.4, -0.2) is 43.1 Å². The van der Waals surface area contributed by atoms with Gasteiger partial charge in [0.05, 0.1) is 6.10 Å². The molecule has 6 unspecified atom stereocenters. The van der Waals surface area contributed by atoms with E-state index in [-0.39, 0.29) is 28.7 Å². The zero-order valence-electron chi connectivity index (χ0n) is 10.5. The summed E-state index contributed by atoms with van der Waals surface area (Å²) in [7, 11) is -3.46. The highest BCUT2D eigenvalue weighted by atomic mass is 79.9. The van der Waals surface area contributed by atoms with E-state index in [1.165, 1.54) is 0 Å². The Morgan fingerprint density at radius 1 is 1.33 bits per heavy atom. The molecule has 3 heterocycles. The lowest BCUT2D eigenvalue weighted by atomic mass is 9.93. The summed E-state index contributed by atoms with van der Waals surface area (Å²) in [4.78, 5) is 0. The topological polar surface area (TPSA) is 61.8 Å². The minimum absolute atomic E-state index is 0.0707. The summed E-state index contributed by atoms with van der Waals surface area (Å²) in [5.74, 6) is 0. The van der Waals surface area contributed by atoms with E-state index in [0.29, 0.717) is 6.42 Å². The minimum Gasteiger partial charge on any atom is -0.368 e. The monoisotopic (exact) mass is 340 g/mol. The van der Waals surface area contributed by atoms with Gasteiger partial charge in [0, 0.05) is 0 Å². The first-order valence-electron chi connectivity index (χ1n) is 6.07. The molecule has 6 atom stereocenters. The van der Waals surface area contributed by atoms with E-state index in [9.17, 15) is 8.42 Å². The van der Waals surface area contributed by atoms with Crippen LogP contribution in [-0.2, 0) is 23.8 Å². The lowest BCUT2D eigenvalue weighted by Crippen LogP contribution is -2.43. The van der Waals surface area contributed by atoms with Gasteiger partial charge >= 0.3 is 0 Å². The standard InChI is InChI=1S/C11H17BrO5S/c1-11(2,3)10(12)16-7-5-4-6-8(15-5)9(7)17-18(6,13)14/h5-10H,4H2,1-3H3. The Balaban J connectivity index is 1.78. The lowest BCUT2D eigenvalue weighted by molar-refractivity contribution is -0.0659. The maximum absolute atomic E-state index is 11.7. The maximum atomic E-state index is 11.7. The molecule has 0 N–H and O–H groups in total. The van der Waals surface area contributed by atoms with Gasteiger partial charge in [-0.25, -0.2) is 0 Å². The molecule has 104 valence electrons. The predicted molar refractivity (Wildman–Crippen MR) is 67.9 cm³/mol. The third-order valence-electron chi connectivity index (χ3n) is 3.75. The molecule has 0 amide bonds. The van der Waals surface area contributed by atoms with Crippen LogP contribution in [0.15, 0.2) is 0 Å². The fourth-order valence-corrected chi connectivity index (χ4v) is 4.63. The average molecular weight is 341 g/mol. The van der Waals surface area contributed by atoms with Crippen LogP contribution >= 0.6 is 15.9 Å². The molecule has 0 aromatic rings. The summed E-state index contributed by atoms with van der Waals surface area (Å²) < 4.78 is 40.2. The molecule has 18 heavy (non-hydrogen) atoms. The van der Waals surface area contributed by atoms with Gasteiger partial charge in [-0.3, -0.25) is 4.18 Å². The molecule has 0 saturated carbocycles. The van der Waals surface area contributed by atoms with E-state index in [4.69, 9.17) is 13.7 Å². The second kappa shape index (κ2) is 3.91. The molecule has 0 radical (unpaired) electrons. The molecule has 3 aliphatic heterocycles. The van der Waals surface area contributed by atoms with Gasteiger partial charge in [-0.2, -0.15) is 8.42 Å². The molecule has 3 aliphatic rings. The smallest absolute Gasteiger partial charge is 0.273 e. The molecule has 0 aromatic heterocycles. The second-order valence-electron chi connectivity index (χ2n) is 6.25. The van der Waals surface area contributed by atoms with Crippen molar-refractivity contribution in [3.63, 3.8) is 0 Å². The minimum atomic E-state index is -3.46. The maximum Gasteiger partial charge on any atom is 0.273 e. The zero-order chi connectivity index (χ0) is 13.3. The molecule has 0 aromatic carbocycles. The van der Waals surface area contributed by atoms with Gasteiger partial charge in [0.1, 0.15) is 28.6 Å². The lowest BCUT2D eigenvalue weighted by Gasteiger charge is -2.31. The SMILES string of the molecule is CC(C)(C)C(Br)OC1C2CC3C(O2)C1OS3(=O)=O. The summed E-state index contributed by atoms with van der Waals surface area (Å²) in [5, 5.41) is -0.654. The Hall–Kier alpha value is 0.310. The zero-order valence-corrected chi connectivity index (χ0v) is 12.9. The first kappa shape index (κ1) is 13.3. The number of hydrogen-bond donors (Lipinski definition) is 0. The Bertz CT molecular complexity index is 457. The molecular weight excluding hydrogens is 324 g/mol. The highest BCUT2D eigenvalue weighted by Crippen LogP contribution is 2.48. The normalized spacial score (nSPS) is 46.6. The summed E-state index contributed by atoms with van der Waals surface area (Å²) in [6.45, 7) is 6.15. The third-order valence-corrected chi connectivity index (χ3v) is 7.03. The van der Waals surface area contributed by atoms with Crippen LogP contribution in [0, 0.1) is 5.41 Å². The molecule has 2 bridgehead atoms. The van der Waals surface area contributed by atoms with Crippen molar-refractivity contribution in [1.29, 1.82) is 0 Å². The largest absolute Gasteiger partial charge is 0.368 e. The Labute approximate surface area is 115 Å². The van der Waals surface area contributed by atoms with Gasteiger partial charge in [0.2, 0.25) is 0 Å². The Kier molecular flexibility index (Phi) is 2.89. The second-order valence-corrected chi connectivity index (χ2v) is 8.86. The third kappa shape index (κ3) is 1.86. The van der Waals surface area contributed by atoms with Crippen LogP contribution in [0.4, 0.5) is 0 Å². The summed E-state index contributed by atoms with van der Waals surface area (Å²) in [6, 6.07) is 0. The van der Waals surface area contributed by atoms with Crippen LogP contribution in [0.5, 0.6) is 0 Å². The number of hydrogen-bond acceptors (Lipinski definition) is 5. The fourth-order valence-electron chi connectivity index (χ4n) is 2.73. The Morgan fingerprint density at radius 2 is 2.00 bits per heavy atom.